The molecule has 1 aliphatic heterocycles. The van der Waals surface area contributed by atoms with Gasteiger partial charge < -0.3 is 5.43 Å². The van der Waals surface area contributed by atoms with Gasteiger partial charge in [-0.3, -0.25) is 0 Å². The lowest BCUT2D eigenvalue weighted by atomic mass is 10.00. The molecular formula is C12H18FN3. The Morgan fingerprint density at radius 1 is 1.31 bits per heavy atom. The first kappa shape index (κ1) is 11.3. The summed E-state index contributed by atoms with van der Waals surface area (Å²) >= 11 is 0. The second-order valence-corrected chi connectivity index (χ2v) is 4.49. The highest BCUT2D eigenvalue weighted by Gasteiger charge is 2.24. The summed E-state index contributed by atoms with van der Waals surface area (Å²) in [5, 5.41) is 2.17. The van der Waals surface area contributed by atoms with E-state index in [9.17, 15) is 4.39 Å². The van der Waals surface area contributed by atoms with Crippen LogP contribution in [0.15, 0.2) is 18.2 Å². The third kappa shape index (κ3) is 2.50. The lowest BCUT2D eigenvalue weighted by Gasteiger charge is -2.39. The Morgan fingerprint density at radius 2 is 2.00 bits per heavy atom. The van der Waals surface area contributed by atoms with Crippen LogP contribution in [-0.2, 0) is 0 Å². The lowest BCUT2D eigenvalue weighted by molar-refractivity contribution is 0.135. The second kappa shape index (κ2) is 4.78. The maximum atomic E-state index is 12.9. The maximum absolute atomic E-state index is 12.9. The lowest BCUT2D eigenvalue weighted by Crippen LogP contribution is -2.47. The van der Waals surface area contributed by atoms with Crippen LogP contribution in [0.4, 0.5) is 10.2 Å². The number of nitrogens with zero attached hydrogens (tertiary/aromatic N) is 2. The fraction of sp³-hybridized carbons (Fsp3) is 0.583. The molecule has 1 N–H and O–H groups in total. The smallest absolute Gasteiger partial charge is 0.214 e. The Morgan fingerprint density at radius 3 is 2.62 bits per heavy atom. The zero-order chi connectivity index (χ0) is 11.5. The number of piperidine rings is 1. The van der Waals surface area contributed by atoms with Gasteiger partial charge in [-0.2, -0.15) is 4.39 Å². The Balaban J connectivity index is 2.07. The quantitative estimate of drug-likeness (QED) is 0.781. The van der Waals surface area contributed by atoms with E-state index >= 15 is 0 Å². The summed E-state index contributed by atoms with van der Waals surface area (Å²) in [6, 6.07) is 5.75. The van der Waals surface area contributed by atoms with Gasteiger partial charge in [-0.15, -0.1) is 0 Å². The Bertz CT molecular complexity index is 346. The third-order valence-electron chi connectivity index (χ3n) is 3.15. The van der Waals surface area contributed by atoms with Crippen molar-refractivity contribution in [2.75, 3.05) is 5.43 Å². The van der Waals surface area contributed by atoms with E-state index in [1.165, 1.54) is 25.3 Å². The molecule has 16 heavy (non-hydrogen) atoms. The van der Waals surface area contributed by atoms with E-state index in [4.69, 9.17) is 0 Å². The largest absolute Gasteiger partial charge is 0.303 e. The van der Waals surface area contributed by atoms with Gasteiger partial charge in [0.15, 0.2) is 0 Å². The van der Waals surface area contributed by atoms with Crippen LogP contribution in [0.25, 0.3) is 0 Å². The molecule has 4 heteroatoms. The van der Waals surface area contributed by atoms with Crippen molar-refractivity contribution in [1.29, 1.82) is 0 Å². The van der Waals surface area contributed by atoms with E-state index in [0.29, 0.717) is 17.9 Å². The summed E-state index contributed by atoms with van der Waals surface area (Å²) in [7, 11) is 0. The molecule has 1 saturated heterocycles. The molecule has 2 unspecified atom stereocenters. The monoisotopic (exact) mass is 223 g/mol. The molecule has 0 spiro atoms. The van der Waals surface area contributed by atoms with Crippen molar-refractivity contribution >= 4 is 5.82 Å². The van der Waals surface area contributed by atoms with Crippen LogP contribution in [0.5, 0.6) is 0 Å². The molecule has 88 valence electrons. The normalized spacial score (nSPS) is 26.7. The number of aromatic nitrogens is 1. The van der Waals surface area contributed by atoms with Gasteiger partial charge in [-0.1, -0.05) is 12.5 Å². The van der Waals surface area contributed by atoms with Crippen LogP contribution in [-0.4, -0.2) is 22.1 Å². The van der Waals surface area contributed by atoms with E-state index in [2.05, 4.69) is 29.3 Å². The first-order chi connectivity index (χ1) is 7.66. The highest BCUT2D eigenvalue weighted by atomic mass is 19.1. The summed E-state index contributed by atoms with van der Waals surface area (Å²) < 4.78 is 12.9. The van der Waals surface area contributed by atoms with Gasteiger partial charge in [-0.25, -0.2) is 9.99 Å². The van der Waals surface area contributed by atoms with Gasteiger partial charge in [0.25, 0.3) is 0 Å². The van der Waals surface area contributed by atoms with Crippen molar-refractivity contribution in [2.24, 2.45) is 0 Å². The molecular weight excluding hydrogens is 205 g/mol. The molecule has 1 aromatic heterocycles. The second-order valence-electron chi connectivity index (χ2n) is 4.49. The van der Waals surface area contributed by atoms with Crippen molar-refractivity contribution < 1.29 is 4.39 Å². The van der Waals surface area contributed by atoms with Gasteiger partial charge in [0.05, 0.1) is 0 Å². The molecule has 1 fully saturated rings. The Labute approximate surface area is 95.6 Å². The molecule has 2 heterocycles. The van der Waals surface area contributed by atoms with E-state index in [-0.39, 0.29) is 0 Å². The Kier molecular flexibility index (Phi) is 3.39. The number of nitrogens with one attached hydrogen (secondary N) is 1. The molecule has 0 radical (unpaired) electrons. The number of anilines is 1. The molecule has 0 saturated carbocycles. The zero-order valence-corrected chi connectivity index (χ0v) is 9.78. The van der Waals surface area contributed by atoms with Crippen LogP contribution in [0.3, 0.4) is 0 Å². The number of rotatable bonds is 2. The van der Waals surface area contributed by atoms with Crippen molar-refractivity contribution in [3.63, 3.8) is 0 Å². The van der Waals surface area contributed by atoms with Gasteiger partial charge in [-0.05, 0) is 38.8 Å². The van der Waals surface area contributed by atoms with Gasteiger partial charge in [0, 0.05) is 12.1 Å². The molecule has 0 aromatic carbocycles. The number of hydrogen-bond donors (Lipinski definition) is 1. The highest BCUT2D eigenvalue weighted by molar-refractivity contribution is 5.32. The molecule has 2 rings (SSSR count). The van der Waals surface area contributed by atoms with Crippen molar-refractivity contribution in [2.45, 2.75) is 45.2 Å². The van der Waals surface area contributed by atoms with Crippen LogP contribution >= 0.6 is 0 Å². The minimum atomic E-state index is -0.442. The van der Waals surface area contributed by atoms with Crippen LogP contribution < -0.4 is 5.43 Å². The molecule has 0 bridgehead atoms. The number of pyridine rings is 1. The molecule has 2 atom stereocenters. The fourth-order valence-corrected chi connectivity index (χ4v) is 2.24. The van der Waals surface area contributed by atoms with Crippen LogP contribution in [0.1, 0.15) is 33.1 Å². The van der Waals surface area contributed by atoms with Crippen molar-refractivity contribution in [1.82, 2.24) is 9.99 Å². The van der Waals surface area contributed by atoms with Crippen LogP contribution in [0.2, 0.25) is 0 Å². The minimum Gasteiger partial charge on any atom is -0.303 e. The average molecular weight is 223 g/mol. The molecule has 0 amide bonds. The first-order valence-corrected chi connectivity index (χ1v) is 5.84. The van der Waals surface area contributed by atoms with Gasteiger partial charge in [0.1, 0.15) is 5.82 Å². The van der Waals surface area contributed by atoms with Gasteiger partial charge >= 0.3 is 0 Å². The maximum Gasteiger partial charge on any atom is 0.214 e. The molecule has 1 aromatic rings. The Hall–Kier alpha value is -1.16. The molecule has 0 aliphatic carbocycles. The minimum absolute atomic E-state index is 0.442. The molecule has 3 nitrogen and oxygen atoms in total. The highest BCUT2D eigenvalue weighted by Crippen LogP contribution is 2.22. The van der Waals surface area contributed by atoms with E-state index in [1.807, 2.05) is 0 Å². The predicted octanol–water partition coefficient (Wildman–Crippen LogP) is 2.81. The van der Waals surface area contributed by atoms with Crippen molar-refractivity contribution in [3.05, 3.63) is 24.1 Å². The van der Waals surface area contributed by atoms with E-state index in [0.717, 1.165) is 0 Å². The SMILES string of the molecule is CC1CCCC(C)N1Nc1cccc(F)n1. The topological polar surface area (TPSA) is 28.2 Å². The fourth-order valence-electron chi connectivity index (χ4n) is 2.24. The van der Waals surface area contributed by atoms with Gasteiger partial charge in [0.2, 0.25) is 5.95 Å². The summed E-state index contributed by atoms with van der Waals surface area (Å²) in [5.41, 5.74) is 3.20. The van der Waals surface area contributed by atoms with Crippen LogP contribution in [0, 0.1) is 5.95 Å². The number of halogens is 1. The number of hydrazine groups is 1. The standard InChI is InChI=1S/C12H18FN3/c1-9-5-3-6-10(2)16(9)15-12-8-4-7-11(13)14-12/h4,7-10H,3,5-6H2,1-2H3,(H,14,15). The third-order valence-corrected chi connectivity index (χ3v) is 3.15. The summed E-state index contributed by atoms with van der Waals surface area (Å²) in [6.07, 6.45) is 3.61. The van der Waals surface area contributed by atoms with Crippen molar-refractivity contribution in [3.8, 4) is 0 Å². The zero-order valence-electron chi connectivity index (χ0n) is 9.78. The van der Waals surface area contributed by atoms with E-state index in [1.54, 1.807) is 12.1 Å². The summed E-state index contributed by atoms with van der Waals surface area (Å²) in [4.78, 5) is 3.82. The average Bonchev–Trinajstić information content (AvgIpc) is 2.24. The summed E-state index contributed by atoms with van der Waals surface area (Å²) in [5.74, 6) is 0.142. The predicted molar refractivity (Wildman–Crippen MR) is 62.4 cm³/mol. The first-order valence-electron chi connectivity index (χ1n) is 5.84. The summed E-state index contributed by atoms with van der Waals surface area (Å²) in [6.45, 7) is 4.36. The van der Waals surface area contributed by atoms with E-state index < -0.39 is 5.95 Å². The number of hydrogen-bond acceptors (Lipinski definition) is 3. The molecule has 1 aliphatic rings.